The molecule has 0 atom stereocenters. The highest BCUT2D eigenvalue weighted by atomic mass is 19.1. The monoisotopic (exact) mass is 426 g/mol. The molecule has 2 aromatic carbocycles. The first-order valence-corrected chi connectivity index (χ1v) is 11.5. The smallest absolute Gasteiger partial charge is 0.226 e. The fourth-order valence-corrected chi connectivity index (χ4v) is 4.74. The summed E-state index contributed by atoms with van der Waals surface area (Å²) >= 11 is 0. The molecule has 0 bridgehead atoms. The van der Waals surface area contributed by atoms with Crippen LogP contribution in [0.15, 0.2) is 48.5 Å². The second kappa shape index (κ2) is 10.1. The van der Waals surface area contributed by atoms with Gasteiger partial charge in [-0.1, -0.05) is 12.1 Å². The minimum atomic E-state index is -0.190. The van der Waals surface area contributed by atoms with Crippen LogP contribution in [0.2, 0.25) is 0 Å². The average molecular weight is 427 g/mol. The molecule has 6 heteroatoms. The Morgan fingerprint density at radius 2 is 1.71 bits per heavy atom. The third kappa shape index (κ3) is 5.37. The van der Waals surface area contributed by atoms with E-state index in [-0.39, 0.29) is 17.6 Å². The molecule has 2 fully saturated rings. The van der Waals surface area contributed by atoms with E-state index in [9.17, 15) is 9.18 Å². The van der Waals surface area contributed by atoms with Crippen LogP contribution in [0.3, 0.4) is 0 Å². The van der Waals surface area contributed by atoms with E-state index in [1.165, 1.54) is 16.5 Å². The normalized spacial score (nSPS) is 21.7. The van der Waals surface area contributed by atoms with Gasteiger partial charge in [0.2, 0.25) is 5.91 Å². The minimum Gasteiger partial charge on any atom is -0.494 e. The van der Waals surface area contributed by atoms with Crippen LogP contribution in [0.5, 0.6) is 5.75 Å². The Morgan fingerprint density at radius 3 is 2.35 bits per heavy atom. The lowest BCUT2D eigenvalue weighted by atomic mass is 9.94. The number of benzene rings is 2. The zero-order valence-corrected chi connectivity index (χ0v) is 18.4. The summed E-state index contributed by atoms with van der Waals surface area (Å²) in [6.07, 6.45) is 1.89. The summed E-state index contributed by atoms with van der Waals surface area (Å²) in [7, 11) is 0. The molecule has 5 nitrogen and oxygen atoms in total. The maximum atomic E-state index is 14.0. The maximum Gasteiger partial charge on any atom is 0.226 e. The van der Waals surface area contributed by atoms with E-state index in [4.69, 9.17) is 4.74 Å². The zero-order chi connectivity index (χ0) is 21.6. The molecule has 2 saturated heterocycles. The van der Waals surface area contributed by atoms with Gasteiger partial charge in [0.15, 0.2) is 0 Å². The van der Waals surface area contributed by atoms with E-state index >= 15 is 0 Å². The van der Waals surface area contributed by atoms with Crippen LogP contribution < -0.4 is 14.5 Å². The molecule has 1 amide bonds. The number of hydrogen-bond donors (Lipinski definition) is 1. The number of para-hydroxylation sites is 1. The van der Waals surface area contributed by atoms with Crippen molar-refractivity contribution in [3.63, 3.8) is 0 Å². The van der Waals surface area contributed by atoms with E-state index in [1.807, 2.05) is 41.0 Å². The number of carbonyl (C=O) groups excluding carboxylic acids is 1. The van der Waals surface area contributed by atoms with Gasteiger partial charge in [0, 0.05) is 50.5 Å². The third-order valence-corrected chi connectivity index (χ3v) is 6.51. The second-order valence-corrected chi connectivity index (χ2v) is 8.54. The van der Waals surface area contributed by atoms with Gasteiger partial charge in [-0.15, -0.1) is 0 Å². The summed E-state index contributed by atoms with van der Waals surface area (Å²) in [5.41, 5.74) is 1.95. The van der Waals surface area contributed by atoms with E-state index in [2.05, 4.69) is 12.1 Å². The molecule has 2 aromatic rings. The molecule has 1 N–H and O–H groups in total. The van der Waals surface area contributed by atoms with Crippen LogP contribution in [0.4, 0.5) is 10.1 Å². The van der Waals surface area contributed by atoms with Crippen molar-refractivity contribution in [1.29, 1.82) is 0 Å². The molecular formula is C25H33FN3O2+. The van der Waals surface area contributed by atoms with Crippen LogP contribution in [-0.4, -0.2) is 56.7 Å². The minimum absolute atomic E-state index is 0.129. The van der Waals surface area contributed by atoms with Crippen LogP contribution in [0, 0.1) is 11.7 Å². The topological polar surface area (TPSA) is 37.2 Å². The molecular weight excluding hydrogens is 393 g/mol. The summed E-state index contributed by atoms with van der Waals surface area (Å²) in [6.45, 7) is 8.45. The van der Waals surface area contributed by atoms with Crippen molar-refractivity contribution >= 4 is 11.6 Å². The van der Waals surface area contributed by atoms with Crippen molar-refractivity contribution in [2.24, 2.45) is 5.92 Å². The number of quaternary nitrogens is 1. The molecule has 4 rings (SSSR count). The van der Waals surface area contributed by atoms with Gasteiger partial charge in [0.1, 0.15) is 18.1 Å². The summed E-state index contributed by atoms with van der Waals surface area (Å²) in [5.74, 6) is 1.14. The molecule has 2 heterocycles. The Morgan fingerprint density at radius 1 is 1.03 bits per heavy atom. The van der Waals surface area contributed by atoms with Crippen LogP contribution >= 0.6 is 0 Å². The maximum absolute atomic E-state index is 14.0. The number of hydrogen-bond acceptors (Lipinski definition) is 3. The Hall–Kier alpha value is -2.60. The van der Waals surface area contributed by atoms with Gasteiger partial charge in [0.25, 0.3) is 0 Å². The standard InChI is InChI=1S/C25H32FN3O2/c1-2-31-22-9-7-20(8-10-22)19-27-13-11-21(12-14-27)25(30)29-17-15-28(16-18-29)24-6-4-3-5-23(24)26/h3-10,21H,2,11-19H2,1H3/p+1. The highest BCUT2D eigenvalue weighted by Gasteiger charge is 2.32. The molecule has 166 valence electrons. The lowest BCUT2D eigenvalue weighted by Gasteiger charge is -2.38. The summed E-state index contributed by atoms with van der Waals surface area (Å²) in [4.78, 5) is 18.6. The van der Waals surface area contributed by atoms with Crippen LogP contribution in [0.1, 0.15) is 25.3 Å². The first-order valence-electron chi connectivity index (χ1n) is 11.5. The summed E-state index contributed by atoms with van der Waals surface area (Å²) < 4.78 is 19.6. The van der Waals surface area contributed by atoms with Crippen molar-refractivity contribution in [3.05, 3.63) is 59.9 Å². The SMILES string of the molecule is CCOc1ccc(C[NH+]2CCC(C(=O)N3CCN(c4ccccc4F)CC3)CC2)cc1. The number of anilines is 1. The van der Waals surface area contributed by atoms with Gasteiger partial charge in [-0.25, -0.2) is 4.39 Å². The van der Waals surface area contributed by atoms with Crippen molar-refractivity contribution < 1.29 is 18.8 Å². The molecule has 0 radical (unpaired) electrons. The van der Waals surface area contributed by atoms with Crippen molar-refractivity contribution in [2.75, 3.05) is 50.8 Å². The fourth-order valence-electron chi connectivity index (χ4n) is 4.74. The highest BCUT2D eigenvalue weighted by molar-refractivity contribution is 5.79. The van der Waals surface area contributed by atoms with Crippen LogP contribution in [0.25, 0.3) is 0 Å². The second-order valence-electron chi connectivity index (χ2n) is 8.54. The number of likely N-dealkylation sites (tertiary alicyclic amines) is 1. The highest BCUT2D eigenvalue weighted by Crippen LogP contribution is 2.22. The van der Waals surface area contributed by atoms with E-state index in [0.29, 0.717) is 38.5 Å². The van der Waals surface area contributed by atoms with E-state index in [0.717, 1.165) is 38.2 Å². The molecule has 2 aliphatic rings. The van der Waals surface area contributed by atoms with Gasteiger partial charge >= 0.3 is 0 Å². The quantitative estimate of drug-likeness (QED) is 0.771. The van der Waals surface area contributed by atoms with Crippen molar-refractivity contribution in [1.82, 2.24) is 4.90 Å². The van der Waals surface area contributed by atoms with Gasteiger partial charge in [0.05, 0.1) is 25.4 Å². The summed E-state index contributed by atoms with van der Waals surface area (Å²) in [6, 6.07) is 15.2. The molecule has 0 saturated carbocycles. The molecule has 0 unspecified atom stereocenters. The predicted octanol–water partition coefficient (Wildman–Crippen LogP) is 2.37. The van der Waals surface area contributed by atoms with Gasteiger partial charge in [-0.3, -0.25) is 4.79 Å². The lowest BCUT2D eigenvalue weighted by Crippen LogP contribution is -3.11. The van der Waals surface area contributed by atoms with Gasteiger partial charge in [-0.2, -0.15) is 0 Å². The number of ether oxygens (including phenoxy) is 1. The number of nitrogens with zero attached hydrogens (tertiary/aromatic N) is 2. The first-order chi connectivity index (χ1) is 15.1. The zero-order valence-electron chi connectivity index (χ0n) is 18.4. The number of carbonyl (C=O) groups is 1. The number of nitrogens with one attached hydrogen (secondary N) is 1. The number of piperazine rings is 1. The van der Waals surface area contributed by atoms with E-state index in [1.54, 1.807) is 6.07 Å². The van der Waals surface area contributed by atoms with Gasteiger partial charge < -0.3 is 19.4 Å². The largest absolute Gasteiger partial charge is 0.494 e. The average Bonchev–Trinajstić information content (AvgIpc) is 2.81. The molecule has 0 spiro atoms. The molecule has 2 aliphatic heterocycles. The number of amides is 1. The summed E-state index contributed by atoms with van der Waals surface area (Å²) in [5, 5.41) is 0. The first kappa shape index (κ1) is 21.6. The predicted molar refractivity (Wildman–Crippen MR) is 120 cm³/mol. The third-order valence-electron chi connectivity index (χ3n) is 6.51. The molecule has 31 heavy (non-hydrogen) atoms. The van der Waals surface area contributed by atoms with Crippen LogP contribution in [-0.2, 0) is 11.3 Å². The Labute approximate surface area is 184 Å². The Kier molecular flexibility index (Phi) is 7.07. The number of halogens is 1. The molecule has 0 aliphatic carbocycles. The van der Waals surface area contributed by atoms with Crippen molar-refractivity contribution in [3.8, 4) is 5.75 Å². The Bertz CT molecular complexity index is 857. The lowest BCUT2D eigenvalue weighted by molar-refractivity contribution is -0.919. The molecule has 0 aromatic heterocycles. The Balaban J connectivity index is 1.23. The number of rotatable bonds is 6. The van der Waals surface area contributed by atoms with Gasteiger partial charge in [-0.05, 0) is 43.3 Å². The van der Waals surface area contributed by atoms with E-state index < -0.39 is 0 Å². The fraction of sp³-hybridized carbons (Fsp3) is 0.480. The number of piperidine rings is 1. The van der Waals surface area contributed by atoms with Crippen molar-refractivity contribution in [2.45, 2.75) is 26.3 Å².